The van der Waals surface area contributed by atoms with E-state index >= 15 is 0 Å². The molecule has 4 nitrogen and oxygen atoms in total. The second kappa shape index (κ2) is 3.99. The van der Waals surface area contributed by atoms with Crippen LogP contribution in [0.2, 0.25) is 5.02 Å². The van der Waals surface area contributed by atoms with Gasteiger partial charge in [-0.2, -0.15) is 0 Å². The van der Waals surface area contributed by atoms with Crippen molar-refractivity contribution in [2.75, 3.05) is 5.73 Å². The van der Waals surface area contributed by atoms with E-state index in [0.717, 1.165) is 16.8 Å². The predicted molar refractivity (Wildman–Crippen MR) is 72.6 cm³/mol. The van der Waals surface area contributed by atoms with E-state index in [2.05, 4.69) is 10.1 Å². The number of nitrogen functional groups attached to an aromatic ring is 1. The summed E-state index contributed by atoms with van der Waals surface area (Å²) in [4.78, 5) is 4.50. The summed E-state index contributed by atoms with van der Waals surface area (Å²) in [5.74, 6) is 0.645. The lowest BCUT2D eigenvalue weighted by molar-refractivity contribution is 0.963. The number of hydrogen-bond donors (Lipinski definition) is 1. The third kappa shape index (κ3) is 1.80. The van der Waals surface area contributed by atoms with Crippen molar-refractivity contribution in [2.24, 2.45) is 0 Å². The van der Waals surface area contributed by atoms with Crippen LogP contribution in [0.5, 0.6) is 0 Å². The molecule has 0 saturated carbocycles. The average molecular weight is 259 g/mol. The molecule has 3 rings (SSSR count). The van der Waals surface area contributed by atoms with Crippen LogP contribution in [-0.4, -0.2) is 14.6 Å². The van der Waals surface area contributed by atoms with E-state index in [-0.39, 0.29) is 0 Å². The van der Waals surface area contributed by atoms with Crippen LogP contribution in [0.25, 0.3) is 17.0 Å². The fourth-order valence-corrected chi connectivity index (χ4v) is 2.12. The highest BCUT2D eigenvalue weighted by Crippen LogP contribution is 2.21. The Hall–Kier alpha value is -2.07. The number of halogens is 1. The number of fused-ring (bicyclic) bond motifs is 1. The molecule has 2 aromatic heterocycles. The first kappa shape index (κ1) is 11.0. The highest BCUT2D eigenvalue weighted by molar-refractivity contribution is 6.30. The summed E-state index contributed by atoms with van der Waals surface area (Å²) in [5, 5.41) is 5.08. The van der Waals surface area contributed by atoms with Crippen LogP contribution >= 0.6 is 11.6 Å². The predicted octanol–water partition coefficient (Wildman–Crippen LogP) is 2.94. The fraction of sp³-hybridized carbons (Fsp3) is 0.0769. The summed E-state index contributed by atoms with van der Waals surface area (Å²) in [5.41, 5.74) is 9.15. The van der Waals surface area contributed by atoms with Crippen molar-refractivity contribution in [1.82, 2.24) is 14.6 Å². The molecule has 0 fully saturated rings. The van der Waals surface area contributed by atoms with Crippen molar-refractivity contribution in [2.45, 2.75) is 6.92 Å². The van der Waals surface area contributed by atoms with Gasteiger partial charge in [0, 0.05) is 10.6 Å². The van der Waals surface area contributed by atoms with Gasteiger partial charge in [0.05, 0.1) is 11.9 Å². The van der Waals surface area contributed by atoms with Gasteiger partial charge in [0.15, 0.2) is 11.5 Å². The summed E-state index contributed by atoms with van der Waals surface area (Å²) in [6.07, 6.45) is 1.75. The maximum atomic E-state index is 5.97. The van der Waals surface area contributed by atoms with Crippen LogP contribution in [0.4, 0.5) is 5.69 Å². The Morgan fingerprint density at radius 2 is 2.11 bits per heavy atom. The lowest BCUT2D eigenvalue weighted by atomic mass is 10.2. The van der Waals surface area contributed by atoms with Crippen LogP contribution in [0.1, 0.15) is 5.56 Å². The Morgan fingerprint density at radius 3 is 2.89 bits per heavy atom. The number of hydrogen-bond acceptors (Lipinski definition) is 3. The number of anilines is 1. The molecule has 0 unspecified atom stereocenters. The standard InChI is InChI=1S/C13H11ClN4/c1-8-5-11(15)7-18-13(8)16-12(17-18)9-3-2-4-10(14)6-9/h2-7H,15H2,1H3. The second-order valence-electron chi connectivity index (χ2n) is 4.17. The third-order valence-electron chi connectivity index (χ3n) is 2.72. The molecule has 0 amide bonds. The number of aryl methyl sites for hydroxylation is 1. The maximum absolute atomic E-state index is 5.97. The molecular formula is C13H11ClN4. The summed E-state index contributed by atoms with van der Waals surface area (Å²) < 4.78 is 1.70. The van der Waals surface area contributed by atoms with E-state index in [9.17, 15) is 0 Å². The molecule has 0 atom stereocenters. The lowest BCUT2D eigenvalue weighted by Gasteiger charge is -1.97. The topological polar surface area (TPSA) is 56.2 Å². The Morgan fingerprint density at radius 1 is 1.28 bits per heavy atom. The number of rotatable bonds is 1. The van der Waals surface area contributed by atoms with Crippen LogP contribution < -0.4 is 5.73 Å². The molecule has 0 aliphatic carbocycles. The minimum atomic E-state index is 0.645. The summed E-state index contributed by atoms with van der Waals surface area (Å²) in [7, 11) is 0. The molecule has 0 spiro atoms. The number of nitrogens with zero attached hydrogens (tertiary/aromatic N) is 3. The van der Waals surface area contributed by atoms with Gasteiger partial charge >= 0.3 is 0 Å². The van der Waals surface area contributed by atoms with E-state index < -0.39 is 0 Å². The SMILES string of the molecule is Cc1cc(N)cn2nc(-c3cccc(Cl)c3)nc12. The van der Waals surface area contributed by atoms with Crippen molar-refractivity contribution in [3.05, 3.63) is 47.1 Å². The van der Waals surface area contributed by atoms with Crippen LogP contribution in [0.15, 0.2) is 36.5 Å². The molecule has 5 heteroatoms. The van der Waals surface area contributed by atoms with Gasteiger partial charge in [0.1, 0.15) is 0 Å². The van der Waals surface area contributed by atoms with E-state index in [1.165, 1.54) is 0 Å². The number of nitrogens with two attached hydrogens (primary N) is 1. The number of benzene rings is 1. The monoisotopic (exact) mass is 258 g/mol. The molecule has 0 bridgehead atoms. The van der Waals surface area contributed by atoms with Gasteiger partial charge in [-0.15, -0.1) is 5.10 Å². The Balaban J connectivity index is 2.22. The smallest absolute Gasteiger partial charge is 0.182 e. The molecule has 2 N–H and O–H groups in total. The molecule has 3 aromatic rings. The minimum absolute atomic E-state index is 0.645. The Bertz CT molecular complexity index is 733. The van der Waals surface area contributed by atoms with E-state index in [0.29, 0.717) is 16.5 Å². The van der Waals surface area contributed by atoms with Gasteiger partial charge < -0.3 is 5.73 Å². The van der Waals surface area contributed by atoms with Gasteiger partial charge in [0.25, 0.3) is 0 Å². The van der Waals surface area contributed by atoms with Gasteiger partial charge in [-0.05, 0) is 30.7 Å². The van der Waals surface area contributed by atoms with Crippen molar-refractivity contribution in [3.8, 4) is 11.4 Å². The van der Waals surface area contributed by atoms with Crippen LogP contribution in [0.3, 0.4) is 0 Å². The van der Waals surface area contributed by atoms with Crippen molar-refractivity contribution >= 4 is 22.9 Å². The normalized spacial score (nSPS) is 11.0. The molecule has 18 heavy (non-hydrogen) atoms. The molecule has 0 aliphatic rings. The van der Waals surface area contributed by atoms with Gasteiger partial charge in [-0.1, -0.05) is 23.7 Å². The Kier molecular flexibility index (Phi) is 2.45. The molecule has 90 valence electrons. The zero-order valence-corrected chi connectivity index (χ0v) is 10.5. The van der Waals surface area contributed by atoms with Gasteiger partial charge in [0.2, 0.25) is 0 Å². The zero-order valence-electron chi connectivity index (χ0n) is 9.76. The number of aromatic nitrogens is 3. The zero-order chi connectivity index (χ0) is 12.7. The molecule has 2 heterocycles. The minimum Gasteiger partial charge on any atom is -0.397 e. The number of pyridine rings is 1. The third-order valence-corrected chi connectivity index (χ3v) is 2.96. The van der Waals surface area contributed by atoms with E-state index in [4.69, 9.17) is 17.3 Å². The summed E-state index contributed by atoms with van der Waals surface area (Å²) in [6, 6.07) is 9.36. The van der Waals surface area contributed by atoms with Crippen molar-refractivity contribution in [1.29, 1.82) is 0 Å². The van der Waals surface area contributed by atoms with Crippen molar-refractivity contribution < 1.29 is 0 Å². The Labute approximate surface area is 109 Å². The first-order valence-corrected chi connectivity index (χ1v) is 5.90. The average Bonchev–Trinajstić information content (AvgIpc) is 2.73. The van der Waals surface area contributed by atoms with Crippen LogP contribution in [0, 0.1) is 6.92 Å². The summed E-state index contributed by atoms with van der Waals surface area (Å²) >= 11 is 5.97. The maximum Gasteiger partial charge on any atom is 0.182 e. The van der Waals surface area contributed by atoms with Crippen molar-refractivity contribution in [3.63, 3.8) is 0 Å². The molecular weight excluding hydrogens is 248 g/mol. The first-order chi connectivity index (χ1) is 8.63. The quantitative estimate of drug-likeness (QED) is 0.730. The molecule has 1 aromatic carbocycles. The second-order valence-corrected chi connectivity index (χ2v) is 4.61. The fourth-order valence-electron chi connectivity index (χ4n) is 1.93. The van der Waals surface area contributed by atoms with Crippen LogP contribution in [-0.2, 0) is 0 Å². The van der Waals surface area contributed by atoms with Gasteiger partial charge in [-0.25, -0.2) is 9.50 Å². The lowest BCUT2D eigenvalue weighted by Crippen LogP contribution is -1.94. The molecule has 0 aliphatic heterocycles. The highest BCUT2D eigenvalue weighted by Gasteiger charge is 2.09. The van der Waals surface area contributed by atoms with E-state index in [1.807, 2.05) is 37.3 Å². The first-order valence-electron chi connectivity index (χ1n) is 5.52. The molecule has 0 saturated heterocycles. The van der Waals surface area contributed by atoms with E-state index in [1.54, 1.807) is 10.7 Å². The van der Waals surface area contributed by atoms with Gasteiger partial charge in [-0.3, -0.25) is 0 Å². The summed E-state index contributed by atoms with van der Waals surface area (Å²) in [6.45, 7) is 1.96. The highest BCUT2D eigenvalue weighted by atomic mass is 35.5. The largest absolute Gasteiger partial charge is 0.397 e. The molecule has 0 radical (unpaired) electrons.